The molecule has 176 valence electrons. The zero-order chi connectivity index (χ0) is 24.0. The fourth-order valence-corrected chi connectivity index (χ4v) is 4.60. The summed E-state index contributed by atoms with van der Waals surface area (Å²) in [6.45, 7) is 2.17. The molecule has 5 rings (SSSR count). The van der Waals surface area contributed by atoms with Crippen molar-refractivity contribution in [3.05, 3.63) is 75.7 Å². The van der Waals surface area contributed by atoms with Gasteiger partial charge in [0.25, 0.3) is 5.91 Å². The molecular formula is C22H20Cl2FN7O2. The van der Waals surface area contributed by atoms with E-state index < -0.39 is 24.2 Å². The number of amides is 2. The molecule has 3 aromatic rings. The normalized spacial score (nSPS) is 21.8. The molecule has 12 heteroatoms. The first-order chi connectivity index (χ1) is 16.3. The third kappa shape index (κ3) is 4.09. The van der Waals surface area contributed by atoms with Gasteiger partial charge in [0, 0.05) is 17.6 Å². The smallest absolute Gasteiger partial charge is 0.261 e. The van der Waals surface area contributed by atoms with Gasteiger partial charge in [0.2, 0.25) is 5.91 Å². The van der Waals surface area contributed by atoms with Crippen molar-refractivity contribution in [2.75, 3.05) is 16.9 Å². The average Bonchev–Trinajstić information content (AvgIpc) is 3.37. The van der Waals surface area contributed by atoms with Gasteiger partial charge in [-0.3, -0.25) is 19.9 Å². The van der Waals surface area contributed by atoms with E-state index in [1.807, 2.05) is 17.1 Å². The van der Waals surface area contributed by atoms with E-state index in [0.717, 1.165) is 11.8 Å². The SMILES string of the molecule is Cc1cc(NC(=O)c2c(F)cccc2Cl)n(C2NC(=O)C3CNN(c4cccc(Cl)c4)C3N2)n1. The molecule has 2 aromatic carbocycles. The summed E-state index contributed by atoms with van der Waals surface area (Å²) in [5.74, 6) is -1.77. The molecule has 9 nitrogen and oxygen atoms in total. The third-order valence-electron chi connectivity index (χ3n) is 5.71. The van der Waals surface area contributed by atoms with Crippen LogP contribution >= 0.6 is 23.2 Å². The van der Waals surface area contributed by atoms with Crippen LogP contribution in [0.5, 0.6) is 0 Å². The molecule has 0 saturated carbocycles. The monoisotopic (exact) mass is 503 g/mol. The summed E-state index contributed by atoms with van der Waals surface area (Å²) in [6, 6.07) is 12.9. The summed E-state index contributed by atoms with van der Waals surface area (Å²) in [4.78, 5) is 25.7. The minimum absolute atomic E-state index is 0.0126. The zero-order valence-corrected chi connectivity index (χ0v) is 19.4. The van der Waals surface area contributed by atoms with Gasteiger partial charge in [-0.15, -0.1) is 0 Å². The maximum atomic E-state index is 14.2. The molecule has 2 aliphatic rings. The zero-order valence-electron chi connectivity index (χ0n) is 17.8. The summed E-state index contributed by atoms with van der Waals surface area (Å²) in [7, 11) is 0. The second-order valence-corrected chi connectivity index (χ2v) is 8.85. The Bertz CT molecular complexity index is 1260. The molecule has 2 amide bonds. The molecule has 0 aliphatic carbocycles. The molecule has 0 radical (unpaired) electrons. The second kappa shape index (κ2) is 8.88. The van der Waals surface area contributed by atoms with Crippen molar-refractivity contribution >= 4 is 46.5 Å². The van der Waals surface area contributed by atoms with Gasteiger partial charge in [0.1, 0.15) is 17.8 Å². The molecule has 0 bridgehead atoms. The molecule has 2 fully saturated rings. The Hall–Kier alpha value is -3.18. The van der Waals surface area contributed by atoms with Gasteiger partial charge in [-0.1, -0.05) is 35.3 Å². The molecular weight excluding hydrogens is 484 g/mol. The van der Waals surface area contributed by atoms with E-state index in [-0.39, 0.29) is 28.2 Å². The number of benzene rings is 2. The summed E-state index contributed by atoms with van der Waals surface area (Å²) < 4.78 is 15.7. The van der Waals surface area contributed by atoms with Crippen LogP contribution in [0.3, 0.4) is 0 Å². The maximum Gasteiger partial charge on any atom is 0.261 e. The average molecular weight is 504 g/mol. The fraction of sp³-hybridized carbons (Fsp3) is 0.227. The van der Waals surface area contributed by atoms with Crippen LogP contribution in [0.2, 0.25) is 10.0 Å². The van der Waals surface area contributed by atoms with Gasteiger partial charge in [-0.25, -0.2) is 14.5 Å². The van der Waals surface area contributed by atoms with E-state index in [9.17, 15) is 14.0 Å². The number of hydrogen-bond donors (Lipinski definition) is 4. The van der Waals surface area contributed by atoms with E-state index in [4.69, 9.17) is 23.2 Å². The maximum absolute atomic E-state index is 14.2. The van der Waals surface area contributed by atoms with Crippen molar-refractivity contribution in [2.24, 2.45) is 5.92 Å². The standard InChI is InChI=1S/C22H20Cl2FN7O2/c1-11-8-17(27-21(34)18-15(24)6-3-7-16(18)25)32(30-11)22-28-19-14(20(33)29-22)10-26-31(19)13-5-2-4-12(23)9-13/h2-9,14,19,22,26,28H,10H2,1H3,(H,27,34)(H,29,33). The van der Waals surface area contributed by atoms with Gasteiger partial charge in [-0.05, 0) is 37.3 Å². The molecule has 2 aliphatic heterocycles. The molecule has 1 aromatic heterocycles. The predicted octanol–water partition coefficient (Wildman–Crippen LogP) is 3.03. The Morgan fingerprint density at radius 1 is 1.21 bits per heavy atom. The van der Waals surface area contributed by atoms with E-state index in [1.54, 1.807) is 25.1 Å². The number of aromatic nitrogens is 2. The quantitative estimate of drug-likeness (QED) is 0.436. The van der Waals surface area contributed by atoms with E-state index >= 15 is 0 Å². The minimum atomic E-state index is -0.782. The van der Waals surface area contributed by atoms with Gasteiger partial charge in [0.15, 0.2) is 6.29 Å². The Balaban J connectivity index is 1.42. The van der Waals surface area contributed by atoms with Crippen LogP contribution in [-0.4, -0.2) is 34.3 Å². The van der Waals surface area contributed by atoms with E-state index in [0.29, 0.717) is 17.3 Å². The fourth-order valence-electron chi connectivity index (χ4n) is 4.17. The lowest BCUT2D eigenvalue weighted by Crippen LogP contribution is -2.61. The molecule has 2 saturated heterocycles. The first-order valence-corrected chi connectivity index (χ1v) is 11.2. The molecule has 34 heavy (non-hydrogen) atoms. The number of carbonyl (C=O) groups excluding carboxylic acids is 2. The number of hydrogen-bond acceptors (Lipinski definition) is 6. The van der Waals surface area contributed by atoms with Crippen molar-refractivity contribution in [3.8, 4) is 0 Å². The Kier molecular flexibility index (Phi) is 5.90. The number of aryl methyl sites for hydroxylation is 1. The van der Waals surface area contributed by atoms with Crippen molar-refractivity contribution in [3.63, 3.8) is 0 Å². The number of anilines is 2. The first-order valence-electron chi connectivity index (χ1n) is 10.5. The van der Waals surface area contributed by atoms with Crippen LogP contribution in [0.15, 0.2) is 48.5 Å². The molecule has 3 unspecified atom stereocenters. The minimum Gasteiger partial charge on any atom is -0.321 e. The highest BCUT2D eigenvalue weighted by atomic mass is 35.5. The number of nitrogens with zero attached hydrogens (tertiary/aromatic N) is 3. The molecule has 3 atom stereocenters. The van der Waals surface area contributed by atoms with Crippen LogP contribution in [0.4, 0.5) is 15.9 Å². The van der Waals surface area contributed by atoms with E-state index in [2.05, 4.69) is 26.5 Å². The highest BCUT2D eigenvalue weighted by Gasteiger charge is 2.45. The Labute approximate surface area is 204 Å². The predicted molar refractivity (Wildman–Crippen MR) is 126 cm³/mol. The van der Waals surface area contributed by atoms with E-state index in [1.165, 1.54) is 16.8 Å². The summed E-state index contributed by atoms with van der Waals surface area (Å²) >= 11 is 12.2. The summed E-state index contributed by atoms with van der Waals surface area (Å²) in [5.41, 5.74) is 4.33. The topological polar surface area (TPSA) is 103 Å². The van der Waals surface area contributed by atoms with Gasteiger partial charge < -0.3 is 10.6 Å². The van der Waals surface area contributed by atoms with Gasteiger partial charge in [-0.2, -0.15) is 5.10 Å². The second-order valence-electron chi connectivity index (χ2n) is 8.01. The Morgan fingerprint density at radius 3 is 2.76 bits per heavy atom. The van der Waals surface area contributed by atoms with Crippen molar-refractivity contribution in [2.45, 2.75) is 19.4 Å². The van der Waals surface area contributed by atoms with Crippen molar-refractivity contribution in [1.29, 1.82) is 0 Å². The number of nitrogens with one attached hydrogen (secondary N) is 4. The van der Waals surface area contributed by atoms with Crippen LogP contribution in [0, 0.1) is 18.7 Å². The number of halogens is 3. The van der Waals surface area contributed by atoms with Crippen molar-refractivity contribution < 1.29 is 14.0 Å². The van der Waals surface area contributed by atoms with Crippen LogP contribution in [0.1, 0.15) is 22.3 Å². The number of rotatable bonds is 4. The van der Waals surface area contributed by atoms with Gasteiger partial charge >= 0.3 is 0 Å². The lowest BCUT2D eigenvalue weighted by Gasteiger charge is -2.37. The lowest BCUT2D eigenvalue weighted by molar-refractivity contribution is -0.129. The highest BCUT2D eigenvalue weighted by molar-refractivity contribution is 6.34. The molecule has 3 heterocycles. The number of fused-ring (bicyclic) bond motifs is 1. The number of hydrazine groups is 1. The largest absolute Gasteiger partial charge is 0.321 e. The molecule has 4 N–H and O–H groups in total. The Morgan fingerprint density at radius 2 is 2.00 bits per heavy atom. The van der Waals surface area contributed by atoms with Crippen LogP contribution in [-0.2, 0) is 4.79 Å². The molecule has 0 spiro atoms. The van der Waals surface area contributed by atoms with Crippen LogP contribution in [0.25, 0.3) is 0 Å². The third-order valence-corrected chi connectivity index (χ3v) is 6.26. The van der Waals surface area contributed by atoms with Crippen molar-refractivity contribution in [1.82, 2.24) is 25.8 Å². The van der Waals surface area contributed by atoms with Gasteiger partial charge in [0.05, 0.1) is 27.9 Å². The van der Waals surface area contributed by atoms with Crippen LogP contribution < -0.4 is 26.4 Å². The highest BCUT2D eigenvalue weighted by Crippen LogP contribution is 2.29. The lowest BCUT2D eigenvalue weighted by atomic mass is 10.0. The summed E-state index contributed by atoms with van der Waals surface area (Å²) in [5, 5.41) is 15.7. The first kappa shape index (κ1) is 22.6. The summed E-state index contributed by atoms with van der Waals surface area (Å²) in [6.07, 6.45) is -1.19. The number of carbonyl (C=O) groups is 2.